The number of ether oxygens (including phenoxy) is 2. The van der Waals surface area contributed by atoms with Crippen molar-refractivity contribution in [1.29, 1.82) is 0 Å². The second-order valence-corrected chi connectivity index (χ2v) is 4.65. The van der Waals surface area contributed by atoms with Crippen LogP contribution >= 0.6 is 15.9 Å². The Bertz CT molecular complexity index is 466. The zero-order valence-electron chi connectivity index (χ0n) is 11.3. The third-order valence-electron chi connectivity index (χ3n) is 2.28. The maximum atomic E-state index is 11.7. The molecule has 1 rings (SSSR count). The second-order valence-electron chi connectivity index (χ2n) is 3.74. The molecule has 0 aliphatic heterocycles. The molecule has 0 atom stereocenters. The van der Waals surface area contributed by atoms with Crippen LogP contribution in [0.2, 0.25) is 0 Å². The quantitative estimate of drug-likeness (QED) is 0.453. The summed E-state index contributed by atoms with van der Waals surface area (Å²) in [6, 6.07) is 7.15. The van der Waals surface area contributed by atoms with Crippen molar-refractivity contribution in [2.24, 2.45) is 10.9 Å². The van der Waals surface area contributed by atoms with E-state index >= 15 is 0 Å². The lowest BCUT2D eigenvalue weighted by Gasteiger charge is -2.09. The summed E-state index contributed by atoms with van der Waals surface area (Å²) in [7, 11) is 0. The molecular weight excluding hydrogens is 326 g/mol. The molecule has 0 unspecified atom stereocenters. The van der Waals surface area contributed by atoms with Crippen molar-refractivity contribution in [2.75, 3.05) is 13.2 Å². The van der Waals surface area contributed by atoms with Crippen molar-refractivity contribution < 1.29 is 19.1 Å². The molecule has 0 saturated heterocycles. The molecule has 1 aromatic rings. The fraction of sp³-hybridized carbons (Fsp3) is 0.357. The van der Waals surface area contributed by atoms with Crippen LogP contribution < -0.4 is 0 Å². The molecule has 5 nitrogen and oxygen atoms in total. The zero-order valence-corrected chi connectivity index (χ0v) is 12.9. The van der Waals surface area contributed by atoms with Gasteiger partial charge in [0.1, 0.15) is 0 Å². The maximum absolute atomic E-state index is 11.7. The highest BCUT2D eigenvalue weighted by molar-refractivity contribution is 9.10. The van der Waals surface area contributed by atoms with E-state index in [1.54, 1.807) is 26.0 Å². The van der Waals surface area contributed by atoms with Gasteiger partial charge in [-0.3, -0.25) is 14.6 Å². The Labute approximate surface area is 126 Å². The largest absolute Gasteiger partial charge is 0.465 e. The van der Waals surface area contributed by atoms with Gasteiger partial charge in [-0.1, -0.05) is 15.9 Å². The lowest BCUT2D eigenvalue weighted by atomic mass is 10.1. The molecule has 0 saturated carbocycles. The molecule has 0 spiro atoms. The Morgan fingerprint density at radius 1 is 1.15 bits per heavy atom. The molecule has 108 valence electrons. The van der Waals surface area contributed by atoms with Gasteiger partial charge in [0.15, 0.2) is 5.92 Å². The monoisotopic (exact) mass is 341 g/mol. The van der Waals surface area contributed by atoms with Gasteiger partial charge in [0.05, 0.1) is 18.9 Å². The van der Waals surface area contributed by atoms with E-state index in [4.69, 9.17) is 9.47 Å². The number of halogens is 1. The summed E-state index contributed by atoms with van der Waals surface area (Å²) < 4.78 is 10.6. The molecule has 0 N–H and O–H groups in total. The number of aliphatic imine (C=N–C) groups is 1. The van der Waals surface area contributed by atoms with Crippen LogP contribution in [0.4, 0.5) is 5.69 Å². The summed E-state index contributed by atoms with van der Waals surface area (Å²) in [5.41, 5.74) is 0.631. The van der Waals surface area contributed by atoms with Crippen molar-refractivity contribution in [2.45, 2.75) is 13.8 Å². The Kier molecular flexibility index (Phi) is 6.93. The smallest absolute Gasteiger partial charge is 0.325 e. The molecule has 0 aliphatic rings. The number of rotatable bonds is 6. The average molecular weight is 342 g/mol. The molecule has 0 aromatic heterocycles. The van der Waals surface area contributed by atoms with Crippen LogP contribution in [0.5, 0.6) is 0 Å². The second kappa shape index (κ2) is 8.47. The topological polar surface area (TPSA) is 65.0 Å². The average Bonchev–Trinajstić information content (AvgIpc) is 2.42. The molecule has 6 heteroatoms. The van der Waals surface area contributed by atoms with Gasteiger partial charge in [0.25, 0.3) is 0 Å². The van der Waals surface area contributed by atoms with Crippen LogP contribution in [0.15, 0.2) is 33.7 Å². The maximum Gasteiger partial charge on any atom is 0.325 e. The van der Waals surface area contributed by atoms with Gasteiger partial charge in [-0.25, -0.2) is 0 Å². The number of hydrogen-bond donors (Lipinski definition) is 0. The van der Waals surface area contributed by atoms with E-state index < -0.39 is 17.9 Å². The molecular formula is C14H16BrNO4. The predicted molar refractivity (Wildman–Crippen MR) is 79.1 cm³/mol. The van der Waals surface area contributed by atoms with Crippen LogP contribution in [0, 0.1) is 5.92 Å². The number of carbonyl (C=O) groups is 2. The first-order valence-corrected chi connectivity index (χ1v) is 7.00. The number of esters is 2. The number of carbonyl (C=O) groups excluding carboxylic acids is 2. The van der Waals surface area contributed by atoms with E-state index in [-0.39, 0.29) is 13.2 Å². The van der Waals surface area contributed by atoms with E-state index in [0.29, 0.717) is 5.69 Å². The van der Waals surface area contributed by atoms with E-state index in [0.717, 1.165) is 4.47 Å². The highest BCUT2D eigenvalue weighted by Gasteiger charge is 2.27. The number of hydrogen-bond acceptors (Lipinski definition) is 5. The summed E-state index contributed by atoms with van der Waals surface area (Å²) in [5, 5.41) is 0. The Balaban J connectivity index is 2.85. The number of nitrogens with zero attached hydrogens (tertiary/aromatic N) is 1. The minimum absolute atomic E-state index is 0.195. The third kappa shape index (κ3) is 5.13. The molecule has 20 heavy (non-hydrogen) atoms. The van der Waals surface area contributed by atoms with Gasteiger partial charge >= 0.3 is 11.9 Å². The van der Waals surface area contributed by atoms with Crippen molar-refractivity contribution in [3.63, 3.8) is 0 Å². The summed E-state index contributed by atoms with van der Waals surface area (Å²) in [6.45, 7) is 3.74. The first-order valence-electron chi connectivity index (χ1n) is 6.21. The minimum Gasteiger partial charge on any atom is -0.465 e. The summed E-state index contributed by atoms with van der Waals surface area (Å²) in [6.07, 6.45) is 1.25. The fourth-order valence-electron chi connectivity index (χ4n) is 1.37. The SMILES string of the molecule is CCOC(=O)C(C=Nc1ccc(Br)cc1)C(=O)OCC. The van der Waals surface area contributed by atoms with Crippen molar-refractivity contribution >= 4 is 39.8 Å². The Morgan fingerprint density at radius 3 is 2.10 bits per heavy atom. The van der Waals surface area contributed by atoms with Crippen LogP contribution in [0.25, 0.3) is 0 Å². The fourth-order valence-corrected chi connectivity index (χ4v) is 1.63. The third-order valence-corrected chi connectivity index (χ3v) is 2.81. The minimum atomic E-state index is -1.14. The summed E-state index contributed by atoms with van der Waals surface area (Å²) in [5.74, 6) is -2.46. The standard InChI is InChI=1S/C14H16BrNO4/c1-3-19-13(17)12(14(18)20-4-2)9-16-11-7-5-10(15)6-8-11/h5-9,12H,3-4H2,1-2H3. The van der Waals surface area contributed by atoms with E-state index in [1.807, 2.05) is 12.1 Å². The summed E-state index contributed by atoms with van der Waals surface area (Å²) >= 11 is 3.31. The number of benzene rings is 1. The summed E-state index contributed by atoms with van der Waals surface area (Å²) in [4.78, 5) is 27.5. The molecule has 0 fully saturated rings. The Morgan fingerprint density at radius 2 is 1.65 bits per heavy atom. The first kappa shape index (κ1) is 16.4. The molecule has 0 radical (unpaired) electrons. The normalized spacial score (nSPS) is 10.8. The molecule has 0 heterocycles. The van der Waals surface area contributed by atoms with Gasteiger partial charge in [0.2, 0.25) is 0 Å². The van der Waals surface area contributed by atoms with Gasteiger partial charge in [0, 0.05) is 10.7 Å². The molecule has 0 amide bonds. The molecule has 0 bridgehead atoms. The highest BCUT2D eigenvalue weighted by atomic mass is 79.9. The van der Waals surface area contributed by atoms with E-state index in [2.05, 4.69) is 20.9 Å². The van der Waals surface area contributed by atoms with Gasteiger partial charge in [-0.2, -0.15) is 0 Å². The zero-order chi connectivity index (χ0) is 15.0. The molecule has 0 aliphatic carbocycles. The van der Waals surface area contributed by atoms with Crippen LogP contribution in [0.3, 0.4) is 0 Å². The van der Waals surface area contributed by atoms with Crippen LogP contribution in [-0.2, 0) is 19.1 Å². The molecule has 1 aromatic carbocycles. The lowest BCUT2D eigenvalue weighted by Crippen LogP contribution is -2.29. The highest BCUT2D eigenvalue weighted by Crippen LogP contribution is 2.17. The van der Waals surface area contributed by atoms with Gasteiger partial charge < -0.3 is 9.47 Å². The van der Waals surface area contributed by atoms with Crippen molar-refractivity contribution in [1.82, 2.24) is 0 Å². The Hall–Kier alpha value is -1.69. The van der Waals surface area contributed by atoms with Crippen molar-refractivity contribution in [3.8, 4) is 0 Å². The lowest BCUT2D eigenvalue weighted by molar-refractivity contribution is -0.157. The van der Waals surface area contributed by atoms with Crippen LogP contribution in [0.1, 0.15) is 13.8 Å². The van der Waals surface area contributed by atoms with E-state index in [1.165, 1.54) is 6.21 Å². The van der Waals surface area contributed by atoms with Gasteiger partial charge in [-0.15, -0.1) is 0 Å². The van der Waals surface area contributed by atoms with Gasteiger partial charge in [-0.05, 0) is 38.1 Å². The van der Waals surface area contributed by atoms with E-state index in [9.17, 15) is 9.59 Å². The van der Waals surface area contributed by atoms with Crippen LogP contribution in [-0.4, -0.2) is 31.4 Å². The first-order chi connectivity index (χ1) is 9.58. The van der Waals surface area contributed by atoms with Crippen molar-refractivity contribution in [3.05, 3.63) is 28.7 Å². The predicted octanol–water partition coefficient (Wildman–Crippen LogP) is 2.89.